The monoisotopic (exact) mass is 310 g/mol. The van der Waals surface area contributed by atoms with Gasteiger partial charge < -0.3 is 10.1 Å². The van der Waals surface area contributed by atoms with Crippen LogP contribution in [-0.2, 0) is 6.42 Å². The topological polar surface area (TPSA) is 39.3 Å². The molecule has 1 aliphatic carbocycles. The van der Waals surface area contributed by atoms with Crippen LogP contribution in [0.3, 0.4) is 0 Å². The van der Waals surface area contributed by atoms with Crippen LogP contribution in [0.15, 0.2) is 29.8 Å². The highest BCUT2D eigenvalue weighted by Gasteiger charge is 2.37. The van der Waals surface area contributed by atoms with Crippen molar-refractivity contribution >= 4 is 10.9 Å². The number of benzene rings is 1. The van der Waals surface area contributed by atoms with Crippen molar-refractivity contribution in [3.05, 3.63) is 46.7 Å². The van der Waals surface area contributed by atoms with Crippen molar-refractivity contribution in [2.45, 2.75) is 51.7 Å². The van der Waals surface area contributed by atoms with E-state index < -0.39 is 6.10 Å². The normalized spacial score (nSPS) is 25.3. The molecule has 1 aromatic carbocycles. The van der Waals surface area contributed by atoms with E-state index in [0.717, 1.165) is 25.2 Å². The first-order valence-electron chi connectivity index (χ1n) is 8.83. The smallest absolute Gasteiger partial charge is 0.0912 e. The number of fused-ring (bicyclic) bond motifs is 2. The molecule has 0 fully saturated rings. The van der Waals surface area contributed by atoms with Gasteiger partial charge in [-0.1, -0.05) is 30.7 Å². The number of nitrogens with one attached hydrogen (secondary N) is 1. The second kappa shape index (κ2) is 5.50. The van der Waals surface area contributed by atoms with Gasteiger partial charge in [0.1, 0.15) is 0 Å². The molecular formula is C20H26N2O. The van der Waals surface area contributed by atoms with Gasteiger partial charge in [-0.05, 0) is 50.4 Å². The van der Waals surface area contributed by atoms with Gasteiger partial charge in [0.2, 0.25) is 0 Å². The third kappa shape index (κ3) is 2.26. The zero-order chi connectivity index (χ0) is 16.1. The Hall–Kier alpha value is -1.58. The van der Waals surface area contributed by atoms with Crippen molar-refractivity contribution in [3.63, 3.8) is 0 Å². The van der Waals surface area contributed by atoms with E-state index in [1.165, 1.54) is 34.0 Å². The Morgan fingerprint density at radius 1 is 1.39 bits per heavy atom. The summed E-state index contributed by atoms with van der Waals surface area (Å²) >= 11 is 0. The highest BCUT2D eigenvalue weighted by Crippen LogP contribution is 2.44. The number of aliphatic hydroxyl groups excluding tert-OH is 1. The predicted molar refractivity (Wildman–Crippen MR) is 94.8 cm³/mol. The van der Waals surface area contributed by atoms with Gasteiger partial charge in [-0.2, -0.15) is 0 Å². The molecule has 3 atom stereocenters. The second-order valence-corrected chi connectivity index (χ2v) is 7.24. The van der Waals surface area contributed by atoms with E-state index in [4.69, 9.17) is 0 Å². The van der Waals surface area contributed by atoms with Gasteiger partial charge in [-0.15, -0.1) is 0 Å². The summed E-state index contributed by atoms with van der Waals surface area (Å²) in [7, 11) is 0. The average molecular weight is 310 g/mol. The van der Waals surface area contributed by atoms with Crippen LogP contribution in [0, 0.1) is 0 Å². The van der Waals surface area contributed by atoms with E-state index in [1.807, 2.05) is 6.92 Å². The van der Waals surface area contributed by atoms with E-state index >= 15 is 0 Å². The van der Waals surface area contributed by atoms with Crippen LogP contribution in [0.1, 0.15) is 56.0 Å². The number of hydrogen-bond donors (Lipinski definition) is 2. The largest absolute Gasteiger partial charge is 0.387 e. The summed E-state index contributed by atoms with van der Waals surface area (Å²) < 4.78 is 0. The Morgan fingerprint density at radius 2 is 2.22 bits per heavy atom. The van der Waals surface area contributed by atoms with E-state index in [2.05, 4.69) is 48.0 Å². The van der Waals surface area contributed by atoms with Gasteiger partial charge in [0.05, 0.1) is 6.10 Å². The molecule has 4 rings (SSSR count). The molecule has 2 aliphatic rings. The molecule has 3 heteroatoms. The molecular weight excluding hydrogens is 284 g/mol. The molecule has 2 aromatic rings. The lowest BCUT2D eigenvalue weighted by molar-refractivity contribution is 0.176. The first-order valence-corrected chi connectivity index (χ1v) is 8.83. The highest BCUT2D eigenvalue weighted by atomic mass is 16.3. The van der Waals surface area contributed by atoms with E-state index in [9.17, 15) is 5.11 Å². The van der Waals surface area contributed by atoms with Gasteiger partial charge >= 0.3 is 0 Å². The van der Waals surface area contributed by atoms with Crippen molar-refractivity contribution < 1.29 is 5.11 Å². The Balaban J connectivity index is 1.91. The maximum atomic E-state index is 10.2. The zero-order valence-electron chi connectivity index (χ0n) is 14.3. The summed E-state index contributed by atoms with van der Waals surface area (Å²) in [6.45, 7) is 8.60. The Labute approximate surface area is 138 Å². The Kier molecular flexibility index (Phi) is 3.58. The number of hydrogen-bond acceptors (Lipinski definition) is 2. The molecule has 1 unspecified atom stereocenters. The van der Waals surface area contributed by atoms with Crippen molar-refractivity contribution in [3.8, 4) is 0 Å². The van der Waals surface area contributed by atoms with Crippen molar-refractivity contribution in [1.29, 1.82) is 0 Å². The Bertz CT molecular complexity index is 771. The summed E-state index contributed by atoms with van der Waals surface area (Å²) in [5.41, 5.74) is 6.42. The lowest BCUT2D eigenvalue weighted by Crippen LogP contribution is -2.46. The quantitative estimate of drug-likeness (QED) is 0.844. The molecule has 1 aliphatic heterocycles. The van der Waals surface area contributed by atoms with E-state index in [0.29, 0.717) is 12.0 Å². The number of aromatic nitrogens is 1. The van der Waals surface area contributed by atoms with Gasteiger partial charge in [-0.25, -0.2) is 0 Å². The summed E-state index contributed by atoms with van der Waals surface area (Å²) in [6, 6.07) is 7.08. The highest BCUT2D eigenvalue weighted by molar-refractivity contribution is 5.90. The number of rotatable bonds is 3. The molecule has 0 saturated carbocycles. The van der Waals surface area contributed by atoms with E-state index in [-0.39, 0.29) is 0 Å². The van der Waals surface area contributed by atoms with Gasteiger partial charge in [0.25, 0.3) is 0 Å². The first-order chi connectivity index (χ1) is 11.1. The SMILES string of the molecule is CCCN1CC(C)=C[C@@H]2c3cccc4[nH]c(C(C)O)c(c34)C[C@H]21. The minimum absolute atomic E-state index is 0.442. The number of aromatic amines is 1. The number of nitrogens with zero attached hydrogens (tertiary/aromatic N) is 1. The lowest BCUT2D eigenvalue weighted by atomic mass is 9.75. The molecule has 2 heterocycles. The third-order valence-corrected chi connectivity index (χ3v) is 5.49. The zero-order valence-corrected chi connectivity index (χ0v) is 14.3. The molecule has 0 spiro atoms. The van der Waals surface area contributed by atoms with Gasteiger partial charge in [0, 0.05) is 35.1 Å². The van der Waals surface area contributed by atoms with Crippen molar-refractivity contribution in [1.82, 2.24) is 9.88 Å². The molecule has 122 valence electrons. The predicted octanol–water partition coefficient (Wildman–Crippen LogP) is 3.90. The van der Waals surface area contributed by atoms with Crippen LogP contribution >= 0.6 is 0 Å². The molecule has 23 heavy (non-hydrogen) atoms. The standard InChI is InChI=1S/C20H26N2O/c1-4-8-22-11-12(2)9-15-14-6-5-7-17-19(14)16(10-18(15)22)20(21-17)13(3)23/h5-7,9,13,15,18,21,23H,4,8,10-11H2,1-3H3/t13?,15-,18-/m1/s1. The molecule has 3 nitrogen and oxygen atoms in total. The van der Waals surface area contributed by atoms with Gasteiger partial charge in [-0.3, -0.25) is 4.90 Å². The molecule has 0 bridgehead atoms. The number of H-pyrrole nitrogens is 1. The fourth-order valence-electron chi connectivity index (χ4n) is 4.64. The maximum Gasteiger partial charge on any atom is 0.0912 e. The summed E-state index contributed by atoms with van der Waals surface area (Å²) in [6.07, 6.45) is 4.25. The molecule has 2 N–H and O–H groups in total. The summed E-state index contributed by atoms with van der Waals surface area (Å²) in [5.74, 6) is 0.476. The average Bonchev–Trinajstić information content (AvgIpc) is 2.89. The molecule has 1 aromatic heterocycles. The van der Waals surface area contributed by atoms with Crippen molar-refractivity contribution in [2.24, 2.45) is 0 Å². The van der Waals surface area contributed by atoms with Crippen LogP contribution in [0.4, 0.5) is 0 Å². The van der Waals surface area contributed by atoms with E-state index in [1.54, 1.807) is 0 Å². The summed E-state index contributed by atoms with van der Waals surface area (Å²) in [4.78, 5) is 6.11. The Morgan fingerprint density at radius 3 is 2.96 bits per heavy atom. The van der Waals surface area contributed by atoms with Crippen LogP contribution in [0.2, 0.25) is 0 Å². The van der Waals surface area contributed by atoms with Crippen molar-refractivity contribution in [2.75, 3.05) is 13.1 Å². The van der Waals surface area contributed by atoms with Crippen LogP contribution in [-0.4, -0.2) is 34.1 Å². The molecule has 0 saturated heterocycles. The fourth-order valence-corrected chi connectivity index (χ4v) is 4.64. The minimum Gasteiger partial charge on any atom is -0.387 e. The van der Waals surface area contributed by atoms with Crippen LogP contribution in [0.25, 0.3) is 10.9 Å². The number of aliphatic hydroxyl groups is 1. The summed E-state index contributed by atoms with van der Waals surface area (Å²) in [5, 5.41) is 11.6. The van der Waals surface area contributed by atoms with Crippen LogP contribution < -0.4 is 0 Å². The third-order valence-electron chi connectivity index (χ3n) is 5.49. The first kappa shape index (κ1) is 15.0. The molecule has 0 radical (unpaired) electrons. The second-order valence-electron chi connectivity index (χ2n) is 7.24. The maximum absolute atomic E-state index is 10.2. The lowest BCUT2D eigenvalue weighted by Gasteiger charge is -2.43. The minimum atomic E-state index is -0.442. The molecule has 0 amide bonds. The fraction of sp³-hybridized carbons (Fsp3) is 0.500. The van der Waals surface area contributed by atoms with Crippen LogP contribution in [0.5, 0.6) is 0 Å². The van der Waals surface area contributed by atoms with Gasteiger partial charge in [0.15, 0.2) is 0 Å².